The zero-order chi connectivity index (χ0) is 18.9. The molecule has 0 aliphatic heterocycles. The first kappa shape index (κ1) is 16.6. The second kappa shape index (κ2) is 6.88. The molecule has 1 fully saturated rings. The molecular formula is C20H19N7O. The Kier molecular flexibility index (Phi) is 4.08. The lowest BCUT2D eigenvalue weighted by atomic mass is 10.2. The molecular weight excluding hydrogens is 354 g/mol. The summed E-state index contributed by atoms with van der Waals surface area (Å²) in [5.41, 5.74) is 2.22. The predicted molar refractivity (Wildman–Crippen MR) is 106 cm³/mol. The highest BCUT2D eigenvalue weighted by molar-refractivity contribution is 5.74. The zero-order valence-electron chi connectivity index (χ0n) is 15.2. The van der Waals surface area contributed by atoms with E-state index in [1.54, 1.807) is 27.8 Å². The number of fused-ring (bicyclic) bond motifs is 1. The molecule has 0 bridgehead atoms. The fraction of sp³-hybridized carbons (Fsp3) is 0.250. The molecule has 3 aromatic heterocycles. The fourth-order valence-electron chi connectivity index (χ4n) is 3.74. The van der Waals surface area contributed by atoms with Crippen molar-refractivity contribution in [1.29, 1.82) is 0 Å². The largest absolute Gasteiger partial charge is 0.349 e. The standard InChI is InChI=1S/C20H19N7O/c28-20-22-13-14-12-21-19(25-18(14)27(20)17-4-1-2-5-17)24-15-6-8-16(9-7-15)26-11-3-10-23-26/h3,6-13,17H,1-2,4-5H2,(H,21,24,25). The number of hydrogen-bond acceptors (Lipinski definition) is 6. The minimum Gasteiger partial charge on any atom is -0.324 e. The maximum atomic E-state index is 12.4. The third kappa shape index (κ3) is 3.02. The van der Waals surface area contributed by atoms with Gasteiger partial charge in [0.15, 0.2) is 5.65 Å². The minimum absolute atomic E-state index is 0.166. The molecule has 1 N–H and O–H groups in total. The van der Waals surface area contributed by atoms with Crippen LogP contribution in [-0.4, -0.2) is 29.3 Å². The third-order valence-electron chi connectivity index (χ3n) is 5.13. The summed E-state index contributed by atoms with van der Waals surface area (Å²) in [4.78, 5) is 25.4. The van der Waals surface area contributed by atoms with Crippen LogP contribution in [0.1, 0.15) is 31.7 Å². The summed E-state index contributed by atoms with van der Waals surface area (Å²) in [5.74, 6) is 0.455. The van der Waals surface area contributed by atoms with Gasteiger partial charge in [0.2, 0.25) is 5.95 Å². The van der Waals surface area contributed by atoms with Gasteiger partial charge in [-0.25, -0.2) is 19.4 Å². The van der Waals surface area contributed by atoms with Crippen LogP contribution in [0, 0.1) is 0 Å². The summed E-state index contributed by atoms with van der Waals surface area (Å²) in [7, 11) is 0. The zero-order valence-corrected chi connectivity index (χ0v) is 15.2. The van der Waals surface area contributed by atoms with Gasteiger partial charge < -0.3 is 5.32 Å². The summed E-state index contributed by atoms with van der Waals surface area (Å²) < 4.78 is 3.53. The second-order valence-electron chi connectivity index (χ2n) is 6.94. The average molecular weight is 373 g/mol. The molecule has 0 amide bonds. The van der Waals surface area contributed by atoms with E-state index < -0.39 is 0 Å². The van der Waals surface area contributed by atoms with E-state index in [0.717, 1.165) is 42.4 Å². The van der Waals surface area contributed by atoms with E-state index in [0.29, 0.717) is 11.6 Å². The van der Waals surface area contributed by atoms with Gasteiger partial charge in [0.1, 0.15) is 0 Å². The van der Waals surface area contributed by atoms with Crippen LogP contribution in [0.3, 0.4) is 0 Å². The highest BCUT2D eigenvalue weighted by Crippen LogP contribution is 2.30. The van der Waals surface area contributed by atoms with Gasteiger partial charge in [0.25, 0.3) is 0 Å². The first-order chi connectivity index (χ1) is 13.8. The quantitative estimate of drug-likeness (QED) is 0.591. The number of anilines is 2. The smallest absolute Gasteiger partial charge is 0.324 e. The van der Waals surface area contributed by atoms with Gasteiger partial charge in [-0.3, -0.25) is 4.57 Å². The Morgan fingerprint density at radius 2 is 1.82 bits per heavy atom. The lowest BCUT2D eigenvalue weighted by molar-refractivity contribution is 0.506. The summed E-state index contributed by atoms with van der Waals surface area (Å²) in [6, 6.07) is 9.87. The molecule has 0 saturated heterocycles. The molecule has 0 spiro atoms. The van der Waals surface area contributed by atoms with Gasteiger partial charge in [0, 0.05) is 36.5 Å². The number of hydrogen-bond donors (Lipinski definition) is 1. The summed E-state index contributed by atoms with van der Waals surface area (Å²) >= 11 is 0. The maximum Gasteiger partial charge on any atom is 0.349 e. The van der Waals surface area contributed by atoms with Crippen molar-refractivity contribution >= 4 is 22.7 Å². The maximum absolute atomic E-state index is 12.4. The van der Waals surface area contributed by atoms with Gasteiger partial charge >= 0.3 is 5.69 Å². The number of nitrogens with zero attached hydrogens (tertiary/aromatic N) is 6. The van der Waals surface area contributed by atoms with E-state index >= 15 is 0 Å². The number of aromatic nitrogens is 6. The van der Waals surface area contributed by atoms with Gasteiger partial charge in [-0.15, -0.1) is 0 Å². The summed E-state index contributed by atoms with van der Waals surface area (Å²) in [5, 5.41) is 8.21. The van der Waals surface area contributed by atoms with Crippen LogP contribution >= 0.6 is 0 Å². The Morgan fingerprint density at radius 1 is 1.04 bits per heavy atom. The van der Waals surface area contributed by atoms with E-state index in [4.69, 9.17) is 0 Å². The molecule has 8 nitrogen and oxygen atoms in total. The van der Waals surface area contributed by atoms with Crippen molar-refractivity contribution in [3.05, 3.63) is 65.6 Å². The molecule has 0 unspecified atom stereocenters. The topological polar surface area (TPSA) is 90.5 Å². The Hall–Kier alpha value is -3.55. The highest BCUT2D eigenvalue weighted by Gasteiger charge is 2.21. The Morgan fingerprint density at radius 3 is 2.57 bits per heavy atom. The molecule has 0 radical (unpaired) electrons. The lowest BCUT2D eigenvalue weighted by Gasteiger charge is -2.15. The van der Waals surface area contributed by atoms with Crippen molar-refractivity contribution in [1.82, 2.24) is 29.3 Å². The van der Waals surface area contributed by atoms with Crippen LogP contribution in [0.25, 0.3) is 16.7 Å². The van der Waals surface area contributed by atoms with Crippen molar-refractivity contribution in [2.45, 2.75) is 31.7 Å². The van der Waals surface area contributed by atoms with Crippen LogP contribution in [0.4, 0.5) is 11.6 Å². The monoisotopic (exact) mass is 373 g/mol. The van der Waals surface area contributed by atoms with Crippen LogP contribution in [0.15, 0.2) is 59.9 Å². The first-order valence-electron chi connectivity index (χ1n) is 9.39. The van der Waals surface area contributed by atoms with E-state index in [9.17, 15) is 4.79 Å². The molecule has 0 atom stereocenters. The molecule has 4 aromatic rings. The minimum atomic E-state index is -0.243. The van der Waals surface area contributed by atoms with Crippen molar-refractivity contribution in [3.8, 4) is 5.69 Å². The predicted octanol–water partition coefficient (Wildman–Crippen LogP) is 3.23. The first-order valence-corrected chi connectivity index (χ1v) is 9.39. The number of rotatable bonds is 4. The fourth-order valence-corrected chi connectivity index (χ4v) is 3.74. The summed E-state index contributed by atoms with van der Waals surface area (Å²) in [6.07, 6.45) is 11.1. The number of benzene rings is 1. The van der Waals surface area contributed by atoms with Crippen molar-refractivity contribution < 1.29 is 0 Å². The van der Waals surface area contributed by atoms with E-state index in [1.165, 1.54) is 0 Å². The van der Waals surface area contributed by atoms with E-state index in [2.05, 4.69) is 25.4 Å². The SMILES string of the molecule is O=c1ncc2cnc(Nc3ccc(-n4cccn4)cc3)nc2n1C1CCCC1. The third-order valence-corrected chi connectivity index (χ3v) is 5.13. The molecule has 8 heteroatoms. The lowest BCUT2D eigenvalue weighted by Crippen LogP contribution is -2.26. The molecule has 1 aromatic carbocycles. The van der Waals surface area contributed by atoms with Crippen LogP contribution < -0.4 is 11.0 Å². The molecule has 1 aliphatic carbocycles. The Labute approximate surface area is 160 Å². The molecule has 140 valence electrons. The molecule has 1 aliphatic rings. The van der Waals surface area contributed by atoms with Gasteiger partial charge in [-0.2, -0.15) is 10.1 Å². The normalized spacial score (nSPS) is 14.6. The molecule has 3 heterocycles. The van der Waals surface area contributed by atoms with Crippen LogP contribution in [-0.2, 0) is 0 Å². The Bertz CT molecular complexity index is 1160. The van der Waals surface area contributed by atoms with E-state index in [1.807, 2.05) is 36.5 Å². The van der Waals surface area contributed by atoms with Crippen molar-refractivity contribution in [2.75, 3.05) is 5.32 Å². The van der Waals surface area contributed by atoms with Gasteiger partial charge in [0.05, 0.1) is 11.1 Å². The second-order valence-corrected chi connectivity index (χ2v) is 6.94. The molecule has 1 saturated carbocycles. The van der Waals surface area contributed by atoms with Crippen molar-refractivity contribution in [2.24, 2.45) is 0 Å². The average Bonchev–Trinajstić information content (AvgIpc) is 3.43. The van der Waals surface area contributed by atoms with Crippen LogP contribution in [0.5, 0.6) is 0 Å². The Balaban J connectivity index is 1.48. The van der Waals surface area contributed by atoms with Crippen LogP contribution in [0.2, 0.25) is 0 Å². The van der Waals surface area contributed by atoms with Gasteiger partial charge in [-0.05, 0) is 43.2 Å². The molecule has 5 rings (SSSR count). The van der Waals surface area contributed by atoms with Crippen molar-refractivity contribution in [3.63, 3.8) is 0 Å². The molecule has 28 heavy (non-hydrogen) atoms. The highest BCUT2D eigenvalue weighted by atomic mass is 16.1. The number of nitrogens with one attached hydrogen (secondary N) is 1. The summed E-state index contributed by atoms with van der Waals surface area (Å²) in [6.45, 7) is 0. The van der Waals surface area contributed by atoms with Gasteiger partial charge in [-0.1, -0.05) is 12.8 Å². The van der Waals surface area contributed by atoms with E-state index in [-0.39, 0.29) is 11.7 Å².